The standard InChI is InChI=1S/C17H22FNO3/c18-15-13(2-1-3-14(15)12-4-5-12)10-19-11-17(16(20)21)6-8-22-9-7-17/h1-3,12,19H,4-11H2,(H,20,21). The van der Waals surface area contributed by atoms with Gasteiger partial charge in [0.05, 0.1) is 5.41 Å². The first-order valence-corrected chi connectivity index (χ1v) is 7.91. The minimum atomic E-state index is -0.796. The monoisotopic (exact) mass is 307 g/mol. The van der Waals surface area contributed by atoms with Crippen LogP contribution < -0.4 is 5.32 Å². The van der Waals surface area contributed by atoms with Crippen molar-refractivity contribution in [3.8, 4) is 0 Å². The molecule has 3 rings (SSSR count). The maximum absolute atomic E-state index is 14.4. The molecule has 5 heteroatoms. The lowest BCUT2D eigenvalue weighted by atomic mass is 9.80. The molecule has 0 amide bonds. The highest BCUT2D eigenvalue weighted by atomic mass is 19.1. The Morgan fingerprint density at radius 1 is 1.36 bits per heavy atom. The number of aliphatic carboxylic acids is 1. The largest absolute Gasteiger partial charge is 0.481 e. The van der Waals surface area contributed by atoms with Crippen molar-refractivity contribution in [3.63, 3.8) is 0 Å². The van der Waals surface area contributed by atoms with Gasteiger partial charge in [0.1, 0.15) is 5.82 Å². The zero-order chi connectivity index (χ0) is 15.6. The quantitative estimate of drug-likeness (QED) is 0.848. The van der Waals surface area contributed by atoms with E-state index in [0.29, 0.717) is 50.6 Å². The molecule has 1 aromatic carbocycles. The van der Waals surface area contributed by atoms with Crippen LogP contribution in [0.4, 0.5) is 4.39 Å². The van der Waals surface area contributed by atoms with Crippen LogP contribution in [-0.4, -0.2) is 30.8 Å². The van der Waals surface area contributed by atoms with Crippen molar-refractivity contribution in [2.75, 3.05) is 19.8 Å². The van der Waals surface area contributed by atoms with Crippen molar-refractivity contribution in [1.82, 2.24) is 5.32 Å². The molecular weight excluding hydrogens is 285 g/mol. The third-order valence-corrected chi connectivity index (χ3v) is 4.81. The van der Waals surface area contributed by atoms with E-state index >= 15 is 0 Å². The van der Waals surface area contributed by atoms with E-state index in [9.17, 15) is 14.3 Å². The number of carboxylic acids is 1. The van der Waals surface area contributed by atoms with E-state index in [4.69, 9.17) is 4.74 Å². The summed E-state index contributed by atoms with van der Waals surface area (Å²) in [5, 5.41) is 12.6. The van der Waals surface area contributed by atoms with Gasteiger partial charge in [0, 0.05) is 31.9 Å². The first-order chi connectivity index (χ1) is 10.6. The second-order valence-electron chi connectivity index (χ2n) is 6.40. The smallest absolute Gasteiger partial charge is 0.311 e. The number of rotatable bonds is 6. The molecule has 1 aliphatic carbocycles. The SMILES string of the molecule is O=C(O)C1(CNCc2cccc(C3CC3)c2F)CCOCC1. The van der Waals surface area contributed by atoms with Crippen LogP contribution in [0.5, 0.6) is 0 Å². The highest BCUT2D eigenvalue weighted by molar-refractivity contribution is 5.75. The molecule has 22 heavy (non-hydrogen) atoms. The van der Waals surface area contributed by atoms with Gasteiger partial charge in [-0.25, -0.2) is 4.39 Å². The van der Waals surface area contributed by atoms with Gasteiger partial charge in [0.25, 0.3) is 0 Å². The van der Waals surface area contributed by atoms with Gasteiger partial charge in [-0.1, -0.05) is 18.2 Å². The average Bonchev–Trinajstić information content (AvgIpc) is 3.34. The molecule has 1 aliphatic heterocycles. The van der Waals surface area contributed by atoms with Crippen LogP contribution in [0.15, 0.2) is 18.2 Å². The number of benzene rings is 1. The van der Waals surface area contributed by atoms with Crippen molar-refractivity contribution >= 4 is 5.97 Å². The van der Waals surface area contributed by atoms with E-state index < -0.39 is 11.4 Å². The summed E-state index contributed by atoms with van der Waals surface area (Å²) in [7, 11) is 0. The molecule has 120 valence electrons. The molecule has 0 unspecified atom stereocenters. The Morgan fingerprint density at radius 3 is 2.73 bits per heavy atom. The van der Waals surface area contributed by atoms with Crippen molar-refractivity contribution in [3.05, 3.63) is 35.1 Å². The molecular formula is C17H22FNO3. The summed E-state index contributed by atoms with van der Waals surface area (Å²) in [5.41, 5.74) is 0.637. The molecule has 0 atom stereocenters. The van der Waals surface area contributed by atoms with Gasteiger partial charge in [0.2, 0.25) is 0 Å². The summed E-state index contributed by atoms with van der Waals surface area (Å²) in [6, 6.07) is 5.51. The number of hydrogen-bond acceptors (Lipinski definition) is 3. The van der Waals surface area contributed by atoms with Gasteiger partial charge >= 0.3 is 5.97 Å². The molecule has 0 spiro atoms. The molecule has 1 aromatic rings. The Balaban J connectivity index is 1.62. The van der Waals surface area contributed by atoms with Crippen LogP contribution >= 0.6 is 0 Å². The molecule has 4 nitrogen and oxygen atoms in total. The molecule has 1 saturated heterocycles. The molecule has 1 saturated carbocycles. The molecule has 2 N–H and O–H groups in total. The maximum Gasteiger partial charge on any atom is 0.311 e. The Bertz CT molecular complexity index is 551. The molecule has 2 fully saturated rings. The molecule has 1 heterocycles. The van der Waals surface area contributed by atoms with Crippen molar-refractivity contribution in [2.24, 2.45) is 5.41 Å². The predicted octanol–water partition coefficient (Wildman–Crippen LogP) is 2.67. The number of halogens is 1. The van der Waals surface area contributed by atoms with Crippen LogP contribution in [0, 0.1) is 11.2 Å². The van der Waals surface area contributed by atoms with Gasteiger partial charge in [-0.05, 0) is 37.2 Å². The second-order valence-corrected chi connectivity index (χ2v) is 6.40. The summed E-state index contributed by atoms with van der Waals surface area (Å²) in [6.07, 6.45) is 3.13. The second kappa shape index (κ2) is 6.34. The number of hydrogen-bond donors (Lipinski definition) is 2. The van der Waals surface area contributed by atoms with Crippen molar-refractivity contribution in [1.29, 1.82) is 0 Å². The minimum absolute atomic E-state index is 0.131. The lowest BCUT2D eigenvalue weighted by molar-refractivity contribution is -0.154. The third kappa shape index (κ3) is 3.15. The van der Waals surface area contributed by atoms with Gasteiger partial charge in [-0.15, -0.1) is 0 Å². The third-order valence-electron chi connectivity index (χ3n) is 4.81. The summed E-state index contributed by atoms with van der Waals surface area (Å²) < 4.78 is 19.7. The fourth-order valence-electron chi connectivity index (χ4n) is 3.11. The van der Waals surface area contributed by atoms with E-state index in [1.165, 1.54) is 0 Å². The predicted molar refractivity (Wildman–Crippen MR) is 80.2 cm³/mol. The van der Waals surface area contributed by atoms with Gasteiger partial charge in [0.15, 0.2) is 0 Å². The summed E-state index contributed by atoms with van der Waals surface area (Å²) in [4.78, 5) is 11.6. The molecule has 0 bridgehead atoms. The topological polar surface area (TPSA) is 58.6 Å². The number of carboxylic acid groups (broad SMARTS) is 1. The zero-order valence-electron chi connectivity index (χ0n) is 12.6. The highest BCUT2D eigenvalue weighted by Gasteiger charge is 2.39. The Kier molecular flexibility index (Phi) is 4.45. The molecule has 0 aromatic heterocycles. The van der Waals surface area contributed by atoms with Crippen LogP contribution in [0.3, 0.4) is 0 Å². The van der Waals surface area contributed by atoms with Crippen LogP contribution in [0.2, 0.25) is 0 Å². The highest BCUT2D eigenvalue weighted by Crippen LogP contribution is 2.41. The van der Waals surface area contributed by atoms with E-state index in [2.05, 4.69) is 5.32 Å². The van der Waals surface area contributed by atoms with Gasteiger partial charge < -0.3 is 15.2 Å². The van der Waals surface area contributed by atoms with Crippen molar-refractivity contribution in [2.45, 2.75) is 38.1 Å². The number of ether oxygens (including phenoxy) is 1. The van der Waals surface area contributed by atoms with Gasteiger partial charge in [-0.3, -0.25) is 4.79 Å². The first-order valence-electron chi connectivity index (χ1n) is 7.91. The summed E-state index contributed by atoms with van der Waals surface area (Å²) in [5.74, 6) is -0.551. The first kappa shape index (κ1) is 15.4. The van der Waals surface area contributed by atoms with Crippen LogP contribution in [0.1, 0.15) is 42.7 Å². The molecule has 2 aliphatic rings. The van der Waals surface area contributed by atoms with E-state index in [1.807, 2.05) is 12.1 Å². The average molecular weight is 307 g/mol. The lowest BCUT2D eigenvalue weighted by Gasteiger charge is -2.33. The normalized spacial score (nSPS) is 20.8. The minimum Gasteiger partial charge on any atom is -0.481 e. The summed E-state index contributed by atoms with van der Waals surface area (Å²) in [6.45, 7) is 1.65. The Morgan fingerprint density at radius 2 is 2.09 bits per heavy atom. The van der Waals surface area contributed by atoms with E-state index in [-0.39, 0.29) is 5.82 Å². The molecule has 0 radical (unpaired) electrons. The van der Waals surface area contributed by atoms with Crippen molar-refractivity contribution < 1.29 is 19.0 Å². The fraction of sp³-hybridized carbons (Fsp3) is 0.588. The Hall–Kier alpha value is -1.46. The maximum atomic E-state index is 14.4. The number of carbonyl (C=O) groups is 1. The van der Waals surface area contributed by atoms with E-state index in [0.717, 1.165) is 18.4 Å². The number of nitrogens with one attached hydrogen (secondary N) is 1. The van der Waals surface area contributed by atoms with Crippen LogP contribution in [-0.2, 0) is 16.1 Å². The summed E-state index contributed by atoms with van der Waals surface area (Å²) >= 11 is 0. The zero-order valence-corrected chi connectivity index (χ0v) is 12.6. The Labute approximate surface area is 129 Å². The van der Waals surface area contributed by atoms with E-state index in [1.54, 1.807) is 6.07 Å². The lowest BCUT2D eigenvalue weighted by Crippen LogP contribution is -2.45. The fourth-order valence-corrected chi connectivity index (χ4v) is 3.11. The van der Waals surface area contributed by atoms with Gasteiger partial charge in [-0.2, -0.15) is 0 Å². The van der Waals surface area contributed by atoms with Crippen LogP contribution in [0.25, 0.3) is 0 Å².